The minimum Gasteiger partial charge on any atom is -0.508 e. The van der Waals surface area contributed by atoms with Crippen LogP contribution < -0.4 is 0 Å². The van der Waals surface area contributed by atoms with Gasteiger partial charge in [0.05, 0.1) is 0 Å². The van der Waals surface area contributed by atoms with Crippen molar-refractivity contribution in [3.8, 4) is 5.75 Å². The van der Waals surface area contributed by atoms with Crippen molar-refractivity contribution in [1.29, 1.82) is 0 Å². The van der Waals surface area contributed by atoms with Gasteiger partial charge in [-0.15, -0.1) is 0 Å². The van der Waals surface area contributed by atoms with Crippen molar-refractivity contribution in [1.82, 2.24) is 14.8 Å². The van der Waals surface area contributed by atoms with Gasteiger partial charge in [0.1, 0.15) is 5.75 Å². The Balaban J connectivity index is 1.40. The molecule has 0 unspecified atom stereocenters. The highest BCUT2D eigenvalue weighted by Gasteiger charge is 2.29. The molecule has 0 aliphatic carbocycles. The van der Waals surface area contributed by atoms with E-state index in [1.807, 2.05) is 30.6 Å². The molecule has 4 heteroatoms. The number of likely N-dealkylation sites (tertiary alicyclic amines) is 1. The van der Waals surface area contributed by atoms with Crippen LogP contribution in [-0.4, -0.2) is 46.1 Å². The number of nitrogens with zero attached hydrogens (tertiary/aromatic N) is 3. The normalized spacial score (nSPS) is 16.5. The standard InChI is InChI=1S/C27H33N3O/c1-29(20-24-8-5-15-28-19-24)27(18-22-6-3-2-4-7-22)25-13-16-30(17-14-25)21-23-9-11-26(31)12-10-23/h2-12,15,19,25,27,31H,13-14,16-18,20-21H2,1H3/t27-/m0/s1. The monoisotopic (exact) mass is 415 g/mol. The van der Waals surface area contributed by atoms with E-state index in [1.165, 1.54) is 29.5 Å². The summed E-state index contributed by atoms with van der Waals surface area (Å²) in [5.41, 5.74) is 3.95. The van der Waals surface area contributed by atoms with E-state index in [0.29, 0.717) is 17.7 Å². The fraction of sp³-hybridized carbons (Fsp3) is 0.370. The number of hydrogen-bond donors (Lipinski definition) is 1. The fourth-order valence-corrected chi connectivity index (χ4v) is 4.79. The molecule has 0 saturated carbocycles. The topological polar surface area (TPSA) is 39.6 Å². The number of phenols is 1. The minimum absolute atomic E-state index is 0.336. The van der Waals surface area contributed by atoms with Gasteiger partial charge in [0, 0.05) is 31.5 Å². The van der Waals surface area contributed by atoms with Crippen molar-refractivity contribution in [3.05, 3.63) is 95.8 Å². The molecule has 2 aromatic carbocycles. The van der Waals surface area contributed by atoms with Crippen LogP contribution in [0.2, 0.25) is 0 Å². The molecule has 1 saturated heterocycles. The van der Waals surface area contributed by atoms with Crippen molar-refractivity contribution in [2.75, 3.05) is 20.1 Å². The fourth-order valence-electron chi connectivity index (χ4n) is 4.79. The maximum Gasteiger partial charge on any atom is 0.115 e. The van der Waals surface area contributed by atoms with Crippen LogP contribution in [0.3, 0.4) is 0 Å². The first kappa shape index (κ1) is 21.5. The van der Waals surface area contributed by atoms with Crippen molar-refractivity contribution in [2.45, 2.75) is 38.4 Å². The molecule has 2 heterocycles. The highest BCUT2D eigenvalue weighted by molar-refractivity contribution is 5.25. The lowest BCUT2D eigenvalue weighted by Crippen LogP contribution is -2.44. The number of aromatic hydroxyl groups is 1. The number of aromatic nitrogens is 1. The Labute approximate surface area is 186 Å². The largest absolute Gasteiger partial charge is 0.508 e. The number of likely N-dealkylation sites (N-methyl/N-ethyl adjacent to an activating group) is 1. The summed E-state index contributed by atoms with van der Waals surface area (Å²) in [5, 5.41) is 9.51. The summed E-state index contributed by atoms with van der Waals surface area (Å²) >= 11 is 0. The molecule has 31 heavy (non-hydrogen) atoms. The average Bonchev–Trinajstić information content (AvgIpc) is 2.81. The third kappa shape index (κ3) is 6.16. The summed E-state index contributed by atoms with van der Waals surface area (Å²) in [4.78, 5) is 9.38. The van der Waals surface area contributed by atoms with Gasteiger partial charge >= 0.3 is 0 Å². The molecule has 0 amide bonds. The Kier molecular flexibility index (Phi) is 7.34. The molecule has 1 aromatic heterocycles. The Bertz CT molecular complexity index is 906. The van der Waals surface area contributed by atoms with Crippen LogP contribution in [0.25, 0.3) is 0 Å². The van der Waals surface area contributed by atoms with Gasteiger partial charge in [-0.2, -0.15) is 0 Å². The van der Waals surface area contributed by atoms with Gasteiger partial charge < -0.3 is 5.11 Å². The van der Waals surface area contributed by atoms with Crippen LogP contribution >= 0.6 is 0 Å². The Morgan fingerprint density at radius 3 is 2.32 bits per heavy atom. The predicted octanol–water partition coefficient (Wildman–Crippen LogP) is 4.74. The summed E-state index contributed by atoms with van der Waals surface area (Å²) in [7, 11) is 2.27. The second kappa shape index (κ2) is 10.6. The molecule has 3 aromatic rings. The maximum absolute atomic E-state index is 9.51. The van der Waals surface area contributed by atoms with Crippen molar-refractivity contribution >= 4 is 0 Å². The van der Waals surface area contributed by atoms with Crippen LogP contribution in [0.4, 0.5) is 0 Å². The summed E-state index contributed by atoms with van der Waals surface area (Å²) < 4.78 is 0. The van der Waals surface area contributed by atoms with E-state index >= 15 is 0 Å². The molecule has 4 nitrogen and oxygen atoms in total. The number of rotatable bonds is 8. The van der Waals surface area contributed by atoms with Crippen molar-refractivity contribution in [2.24, 2.45) is 5.92 Å². The van der Waals surface area contributed by atoms with E-state index in [1.54, 1.807) is 12.1 Å². The summed E-state index contributed by atoms with van der Waals surface area (Å²) in [6.07, 6.45) is 7.34. The number of pyridine rings is 1. The maximum atomic E-state index is 9.51. The summed E-state index contributed by atoms with van der Waals surface area (Å²) in [6.45, 7) is 4.13. The number of phenolic OH excluding ortho intramolecular Hbond substituents is 1. The Morgan fingerprint density at radius 2 is 1.65 bits per heavy atom. The molecule has 1 atom stereocenters. The molecular weight excluding hydrogens is 382 g/mol. The van der Waals surface area contributed by atoms with E-state index in [4.69, 9.17) is 0 Å². The lowest BCUT2D eigenvalue weighted by atomic mass is 9.84. The quantitative estimate of drug-likeness (QED) is 0.577. The predicted molar refractivity (Wildman–Crippen MR) is 126 cm³/mol. The van der Waals surface area contributed by atoms with Crippen molar-refractivity contribution < 1.29 is 5.11 Å². The van der Waals surface area contributed by atoms with Crippen LogP contribution in [-0.2, 0) is 19.5 Å². The molecule has 1 aliphatic heterocycles. The van der Waals surface area contributed by atoms with Crippen LogP contribution in [0.5, 0.6) is 5.75 Å². The van der Waals surface area contributed by atoms with Crippen LogP contribution in [0, 0.1) is 5.92 Å². The first-order chi connectivity index (χ1) is 15.2. The van der Waals surface area contributed by atoms with Gasteiger partial charge in [-0.1, -0.05) is 48.5 Å². The second-order valence-electron chi connectivity index (χ2n) is 8.81. The zero-order valence-corrected chi connectivity index (χ0v) is 18.4. The van der Waals surface area contributed by atoms with Crippen LogP contribution in [0.1, 0.15) is 29.5 Å². The van der Waals surface area contributed by atoms with Gasteiger partial charge in [0.2, 0.25) is 0 Å². The number of benzene rings is 2. The molecule has 1 aliphatic rings. The Hall–Kier alpha value is -2.69. The minimum atomic E-state index is 0.336. The highest BCUT2D eigenvalue weighted by atomic mass is 16.3. The molecule has 0 bridgehead atoms. The first-order valence-corrected chi connectivity index (χ1v) is 11.3. The van der Waals surface area contributed by atoms with E-state index in [-0.39, 0.29) is 0 Å². The van der Waals surface area contributed by atoms with Gasteiger partial charge in [-0.25, -0.2) is 0 Å². The van der Waals surface area contributed by atoms with E-state index in [0.717, 1.165) is 32.6 Å². The molecule has 4 rings (SSSR count). The molecule has 1 N–H and O–H groups in total. The second-order valence-corrected chi connectivity index (χ2v) is 8.81. The van der Waals surface area contributed by atoms with Gasteiger partial charge in [-0.05, 0) is 80.2 Å². The zero-order valence-electron chi connectivity index (χ0n) is 18.4. The highest BCUT2D eigenvalue weighted by Crippen LogP contribution is 2.28. The van der Waals surface area contributed by atoms with Gasteiger partial charge in [-0.3, -0.25) is 14.8 Å². The Morgan fingerprint density at radius 1 is 0.935 bits per heavy atom. The molecule has 0 spiro atoms. The number of piperidine rings is 1. The third-order valence-corrected chi connectivity index (χ3v) is 6.53. The van der Waals surface area contributed by atoms with E-state index in [2.05, 4.69) is 58.2 Å². The third-order valence-electron chi connectivity index (χ3n) is 6.53. The molecule has 162 valence electrons. The lowest BCUT2D eigenvalue weighted by Gasteiger charge is -2.40. The van der Waals surface area contributed by atoms with Gasteiger partial charge in [0.25, 0.3) is 0 Å². The SMILES string of the molecule is CN(Cc1cccnc1)[C@@H](Cc1ccccc1)C1CCN(Cc2ccc(O)cc2)CC1. The molecule has 1 fully saturated rings. The molecular formula is C27H33N3O. The number of hydrogen-bond acceptors (Lipinski definition) is 4. The van der Waals surface area contributed by atoms with E-state index in [9.17, 15) is 5.11 Å². The zero-order chi connectivity index (χ0) is 21.5. The summed E-state index contributed by atoms with van der Waals surface area (Å²) in [5.74, 6) is 1.01. The molecule has 0 radical (unpaired) electrons. The first-order valence-electron chi connectivity index (χ1n) is 11.3. The smallest absolute Gasteiger partial charge is 0.115 e. The van der Waals surface area contributed by atoms with Gasteiger partial charge in [0.15, 0.2) is 0 Å². The van der Waals surface area contributed by atoms with Crippen LogP contribution in [0.15, 0.2) is 79.1 Å². The van der Waals surface area contributed by atoms with E-state index < -0.39 is 0 Å². The van der Waals surface area contributed by atoms with Crippen molar-refractivity contribution in [3.63, 3.8) is 0 Å². The summed E-state index contributed by atoms with van der Waals surface area (Å²) in [6, 6.07) is 23.2. The lowest BCUT2D eigenvalue weighted by molar-refractivity contribution is 0.0954. The average molecular weight is 416 g/mol.